The van der Waals surface area contributed by atoms with Crippen LogP contribution in [0.2, 0.25) is 0 Å². The number of amides is 2. The highest BCUT2D eigenvalue weighted by atomic mass is 16.2. The lowest BCUT2D eigenvalue weighted by Gasteiger charge is -2.07. The average Bonchev–Trinajstić information content (AvgIpc) is 2.58. The third-order valence-corrected chi connectivity index (χ3v) is 3.57. The smallest absolute Gasteiger partial charge is 0.251 e. The maximum Gasteiger partial charge on any atom is 0.251 e. The van der Waals surface area contributed by atoms with Crippen molar-refractivity contribution in [2.75, 3.05) is 26.7 Å². The highest BCUT2D eigenvalue weighted by molar-refractivity contribution is 5.98. The van der Waals surface area contributed by atoms with Gasteiger partial charge in [0.05, 0.1) is 0 Å². The summed E-state index contributed by atoms with van der Waals surface area (Å²) in [6.07, 6.45) is 1.19. The summed E-state index contributed by atoms with van der Waals surface area (Å²) in [5, 5.41) is 10.8. The summed E-state index contributed by atoms with van der Waals surface area (Å²) < 4.78 is 0. The van der Waals surface area contributed by atoms with Crippen LogP contribution in [0.1, 0.15) is 23.2 Å². The number of benzene rings is 2. The largest absolute Gasteiger partial charge is 0.356 e. The van der Waals surface area contributed by atoms with E-state index >= 15 is 0 Å². The zero-order valence-corrected chi connectivity index (χ0v) is 13.4. The molecule has 2 amide bonds. The summed E-state index contributed by atoms with van der Waals surface area (Å²) in [4.78, 5) is 23.7. The molecule has 0 bridgehead atoms. The van der Waals surface area contributed by atoms with Crippen molar-refractivity contribution in [3.05, 3.63) is 48.0 Å². The number of carbonyl (C=O) groups excluding carboxylic acids is 2. The molecule has 122 valence electrons. The lowest BCUT2D eigenvalue weighted by molar-refractivity contribution is -0.120. The molecule has 0 saturated heterocycles. The van der Waals surface area contributed by atoms with Crippen LogP contribution in [0.25, 0.3) is 10.8 Å². The van der Waals surface area contributed by atoms with Crippen molar-refractivity contribution in [3.8, 4) is 0 Å². The van der Waals surface area contributed by atoms with Crippen LogP contribution in [0.3, 0.4) is 0 Å². The maximum absolute atomic E-state index is 12.1. The van der Waals surface area contributed by atoms with Crippen LogP contribution >= 0.6 is 0 Å². The normalized spacial score (nSPS) is 10.5. The zero-order chi connectivity index (χ0) is 16.5. The Morgan fingerprint density at radius 2 is 1.70 bits per heavy atom. The summed E-state index contributed by atoms with van der Waals surface area (Å²) in [7, 11) is 1.88. The van der Waals surface area contributed by atoms with Crippen molar-refractivity contribution >= 4 is 22.6 Å². The molecule has 2 aromatic rings. The van der Waals surface area contributed by atoms with Gasteiger partial charge in [0.25, 0.3) is 5.91 Å². The van der Waals surface area contributed by atoms with Gasteiger partial charge in [0.1, 0.15) is 0 Å². The molecule has 0 heterocycles. The van der Waals surface area contributed by atoms with Crippen LogP contribution < -0.4 is 16.0 Å². The van der Waals surface area contributed by atoms with E-state index in [-0.39, 0.29) is 11.8 Å². The molecule has 5 heteroatoms. The Hall–Kier alpha value is -2.40. The first kappa shape index (κ1) is 17.0. The highest BCUT2D eigenvalue weighted by Gasteiger charge is 2.07. The lowest BCUT2D eigenvalue weighted by Crippen LogP contribution is -2.31. The zero-order valence-electron chi connectivity index (χ0n) is 13.4. The quantitative estimate of drug-likeness (QED) is 0.650. The van der Waals surface area contributed by atoms with Crippen LogP contribution in [-0.2, 0) is 4.79 Å². The fourth-order valence-electron chi connectivity index (χ4n) is 2.30. The molecule has 0 aliphatic heterocycles. The number of hydrogen-bond acceptors (Lipinski definition) is 3. The molecule has 23 heavy (non-hydrogen) atoms. The second-order valence-corrected chi connectivity index (χ2v) is 5.37. The summed E-state index contributed by atoms with van der Waals surface area (Å²) in [5.41, 5.74) is 0.609. The Kier molecular flexibility index (Phi) is 6.56. The fraction of sp³-hybridized carbons (Fsp3) is 0.333. The Labute approximate surface area is 136 Å². The minimum atomic E-state index is -0.154. The van der Waals surface area contributed by atoms with Gasteiger partial charge in [-0.1, -0.05) is 30.3 Å². The molecule has 0 spiro atoms. The van der Waals surface area contributed by atoms with E-state index in [4.69, 9.17) is 0 Å². The molecule has 0 aromatic heterocycles. The van der Waals surface area contributed by atoms with Gasteiger partial charge >= 0.3 is 0 Å². The van der Waals surface area contributed by atoms with E-state index in [2.05, 4.69) is 16.0 Å². The first-order valence-electron chi connectivity index (χ1n) is 7.89. The SMILES string of the molecule is CNCCCNC(=O)CCNC(=O)c1ccc2ccccc2c1. The van der Waals surface area contributed by atoms with Crippen molar-refractivity contribution < 1.29 is 9.59 Å². The Morgan fingerprint density at radius 3 is 2.48 bits per heavy atom. The predicted molar refractivity (Wildman–Crippen MR) is 92.5 cm³/mol. The van der Waals surface area contributed by atoms with Crippen molar-refractivity contribution in [3.63, 3.8) is 0 Å². The van der Waals surface area contributed by atoms with E-state index < -0.39 is 0 Å². The van der Waals surface area contributed by atoms with Crippen LogP contribution in [-0.4, -0.2) is 38.5 Å². The van der Waals surface area contributed by atoms with E-state index in [9.17, 15) is 9.59 Å². The molecule has 0 saturated carbocycles. The molecule has 2 rings (SSSR count). The number of rotatable bonds is 8. The molecular weight excluding hydrogens is 290 g/mol. The van der Waals surface area contributed by atoms with Crippen molar-refractivity contribution in [2.24, 2.45) is 0 Å². The minimum absolute atomic E-state index is 0.0417. The average molecular weight is 313 g/mol. The number of fused-ring (bicyclic) bond motifs is 1. The van der Waals surface area contributed by atoms with E-state index in [1.54, 1.807) is 6.07 Å². The number of nitrogens with one attached hydrogen (secondary N) is 3. The standard InChI is InChI=1S/C18H23N3O2/c1-19-10-4-11-20-17(22)9-12-21-18(23)16-8-7-14-5-2-3-6-15(14)13-16/h2-3,5-8,13,19H,4,9-12H2,1H3,(H,20,22)(H,21,23). The highest BCUT2D eigenvalue weighted by Crippen LogP contribution is 2.15. The van der Waals surface area contributed by atoms with Crippen molar-refractivity contribution in [1.29, 1.82) is 0 Å². The summed E-state index contributed by atoms with van der Waals surface area (Å²) in [5.74, 6) is -0.196. The molecule has 3 N–H and O–H groups in total. The van der Waals surface area contributed by atoms with Gasteiger partial charge in [-0.25, -0.2) is 0 Å². The Morgan fingerprint density at radius 1 is 0.913 bits per heavy atom. The summed E-state index contributed by atoms with van der Waals surface area (Å²) >= 11 is 0. The number of hydrogen-bond donors (Lipinski definition) is 3. The van der Waals surface area contributed by atoms with Crippen LogP contribution in [0.5, 0.6) is 0 Å². The first-order valence-corrected chi connectivity index (χ1v) is 7.89. The number of carbonyl (C=O) groups is 2. The van der Waals surface area contributed by atoms with E-state index in [0.717, 1.165) is 23.7 Å². The van der Waals surface area contributed by atoms with Crippen LogP contribution in [0.15, 0.2) is 42.5 Å². The van der Waals surface area contributed by atoms with Gasteiger partial charge in [-0.2, -0.15) is 0 Å². The molecule has 0 fully saturated rings. The Balaban J connectivity index is 1.76. The third-order valence-electron chi connectivity index (χ3n) is 3.57. The predicted octanol–water partition coefficient (Wildman–Crippen LogP) is 1.69. The second-order valence-electron chi connectivity index (χ2n) is 5.37. The van der Waals surface area contributed by atoms with E-state index in [1.807, 2.05) is 43.4 Å². The molecule has 0 aliphatic rings. The van der Waals surface area contributed by atoms with Gasteiger partial charge in [-0.3, -0.25) is 9.59 Å². The van der Waals surface area contributed by atoms with E-state index in [0.29, 0.717) is 25.1 Å². The van der Waals surface area contributed by atoms with Gasteiger partial charge in [-0.05, 0) is 42.9 Å². The van der Waals surface area contributed by atoms with Crippen molar-refractivity contribution in [2.45, 2.75) is 12.8 Å². The first-order chi connectivity index (χ1) is 11.2. The van der Waals surface area contributed by atoms with Crippen molar-refractivity contribution in [1.82, 2.24) is 16.0 Å². The maximum atomic E-state index is 12.1. The Bertz CT molecular complexity index is 670. The van der Waals surface area contributed by atoms with E-state index in [1.165, 1.54) is 0 Å². The molecule has 0 radical (unpaired) electrons. The third kappa shape index (κ3) is 5.38. The van der Waals surface area contributed by atoms with Gasteiger partial charge in [0.15, 0.2) is 0 Å². The fourth-order valence-corrected chi connectivity index (χ4v) is 2.30. The second kappa shape index (κ2) is 8.90. The lowest BCUT2D eigenvalue weighted by atomic mass is 10.1. The molecular formula is C18H23N3O2. The minimum Gasteiger partial charge on any atom is -0.356 e. The molecule has 0 aliphatic carbocycles. The van der Waals surface area contributed by atoms with Gasteiger partial charge in [0.2, 0.25) is 5.91 Å². The van der Waals surface area contributed by atoms with Gasteiger partial charge in [-0.15, -0.1) is 0 Å². The monoisotopic (exact) mass is 313 g/mol. The molecule has 2 aromatic carbocycles. The molecule has 0 atom stereocenters. The molecule has 5 nitrogen and oxygen atoms in total. The van der Waals surface area contributed by atoms with Gasteiger partial charge in [0, 0.05) is 25.1 Å². The summed E-state index contributed by atoms with van der Waals surface area (Å²) in [6.45, 7) is 1.86. The topological polar surface area (TPSA) is 70.2 Å². The van der Waals surface area contributed by atoms with Gasteiger partial charge < -0.3 is 16.0 Å². The van der Waals surface area contributed by atoms with Crippen LogP contribution in [0.4, 0.5) is 0 Å². The molecule has 0 unspecified atom stereocenters. The van der Waals surface area contributed by atoms with Crippen LogP contribution in [0, 0.1) is 0 Å². The summed E-state index contributed by atoms with van der Waals surface area (Å²) in [6, 6.07) is 13.5.